The van der Waals surface area contributed by atoms with E-state index in [9.17, 15) is 0 Å². The number of aromatic nitrogens is 1. The highest BCUT2D eigenvalue weighted by atomic mass is 127. The van der Waals surface area contributed by atoms with Crippen molar-refractivity contribution in [1.82, 2.24) is 15.6 Å². The molecule has 2 N–H and O–H groups in total. The Labute approximate surface area is 195 Å². The van der Waals surface area contributed by atoms with Crippen LogP contribution in [0.2, 0.25) is 0 Å². The second-order valence-corrected chi connectivity index (χ2v) is 7.50. The minimum Gasteiger partial charge on any atom is -0.493 e. The summed E-state index contributed by atoms with van der Waals surface area (Å²) in [5, 5.41) is 7.87. The standard InChI is InChI=1S/C21H32N4O2S.HI/c1-5-17-15-25-20(28-17)11-13-24-21(22-6-2)23-12-7-8-16-9-10-18(26-3)19(14-16)27-4;/h9-10,14-15H,5-8,11-13H2,1-4H3,(H2,22,23,24);1H. The molecule has 0 amide bonds. The number of ether oxygens (including phenoxy) is 2. The van der Waals surface area contributed by atoms with Gasteiger partial charge in [0.15, 0.2) is 17.5 Å². The molecule has 1 aromatic heterocycles. The second kappa shape index (κ2) is 14.4. The molecule has 0 atom stereocenters. The highest BCUT2D eigenvalue weighted by Crippen LogP contribution is 2.27. The first kappa shape index (κ1) is 25.5. The maximum Gasteiger partial charge on any atom is 0.191 e. The van der Waals surface area contributed by atoms with Gasteiger partial charge in [-0.1, -0.05) is 13.0 Å². The average molecular weight is 532 g/mol. The van der Waals surface area contributed by atoms with Crippen molar-refractivity contribution in [3.63, 3.8) is 0 Å². The zero-order valence-corrected chi connectivity index (χ0v) is 20.9. The van der Waals surface area contributed by atoms with Crippen LogP contribution in [0.15, 0.2) is 29.4 Å². The molecule has 29 heavy (non-hydrogen) atoms. The molecule has 0 bridgehead atoms. The summed E-state index contributed by atoms with van der Waals surface area (Å²) in [7, 11) is 3.31. The fourth-order valence-electron chi connectivity index (χ4n) is 2.77. The molecule has 2 aromatic rings. The molecule has 0 radical (unpaired) electrons. The Morgan fingerprint density at radius 3 is 2.55 bits per heavy atom. The number of halogens is 1. The molecule has 0 aliphatic carbocycles. The number of hydrogen-bond donors (Lipinski definition) is 2. The van der Waals surface area contributed by atoms with Gasteiger partial charge in [0.2, 0.25) is 0 Å². The molecule has 1 heterocycles. The van der Waals surface area contributed by atoms with E-state index in [2.05, 4.69) is 40.5 Å². The third-order valence-corrected chi connectivity index (χ3v) is 5.47. The quantitative estimate of drug-likeness (QED) is 0.198. The summed E-state index contributed by atoms with van der Waals surface area (Å²) in [5.74, 6) is 2.39. The van der Waals surface area contributed by atoms with E-state index in [0.717, 1.165) is 62.8 Å². The normalized spacial score (nSPS) is 11.0. The maximum atomic E-state index is 5.37. The number of guanidine groups is 1. The highest BCUT2D eigenvalue weighted by molar-refractivity contribution is 14.0. The predicted octanol–water partition coefficient (Wildman–Crippen LogP) is 4.07. The summed E-state index contributed by atoms with van der Waals surface area (Å²) in [6.07, 6.45) is 5.87. The summed E-state index contributed by atoms with van der Waals surface area (Å²) in [5.41, 5.74) is 1.22. The zero-order valence-electron chi connectivity index (χ0n) is 17.8. The summed E-state index contributed by atoms with van der Waals surface area (Å²) in [4.78, 5) is 10.5. The molecular formula is C21H33IN4O2S. The van der Waals surface area contributed by atoms with E-state index in [1.807, 2.05) is 18.3 Å². The monoisotopic (exact) mass is 532 g/mol. The number of thiazole rings is 1. The Kier molecular flexibility index (Phi) is 12.7. The first-order chi connectivity index (χ1) is 13.7. The predicted molar refractivity (Wildman–Crippen MR) is 132 cm³/mol. The van der Waals surface area contributed by atoms with Gasteiger partial charge in [0.1, 0.15) is 0 Å². The van der Waals surface area contributed by atoms with Crippen molar-refractivity contribution in [2.45, 2.75) is 39.5 Å². The Hall–Kier alpha value is -1.55. The lowest BCUT2D eigenvalue weighted by Crippen LogP contribution is -2.38. The topological polar surface area (TPSA) is 67.8 Å². The highest BCUT2D eigenvalue weighted by Gasteiger charge is 2.05. The molecule has 0 saturated heterocycles. The van der Waals surface area contributed by atoms with Crippen molar-refractivity contribution in [2.75, 3.05) is 33.9 Å². The van der Waals surface area contributed by atoms with Gasteiger partial charge in [0, 0.05) is 37.1 Å². The van der Waals surface area contributed by atoms with E-state index < -0.39 is 0 Å². The number of nitrogens with zero attached hydrogens (tertiary/aromatic N) is 2. The molecule has 8 heteroatoms. The number of rotatable bonds is 11. The number of nitrogens with one attached hydrogen (secondary N) is 2. The van der Waals surface area contributed by atoms with Crippen LogP contribution >= 0.6 is 35.3 Å². The van der Waals surface area contributed by atoms with Crippen LogP contribution in [0.5, 0.6) is 11.5 Å². The van der Waals surface area contributed by atoms with Crippen LogP contribution in [0.4, 0.5) is 0 Å². The van der Waals surface area contributed by atoms with Crippen LogP contribution in [0, 0.1) is 0 Å². The Balaban J connectivity index is 0.00000420. The number of hydrogen-bond acceptors (Lipinski definition) is 5. The molecule has 0 aliphatic rings. The minimum absolute atomic E-state index is 0. The molecule has 0 saturated carbocycles. The SMILES string of the molecule is CCNC(=NCCCc1ccc(OC)c(OC)c1)NCCc1ncc(CC)s1.I. The van der Waals surface area contributed by atoms with Crippen molar-refractivity contribution in [3.05, 3.63) is 39.8 Å². The zero-order chi connectivity index (χ0) is 20.2. The summed E-state index contributed by atoms with van der Waals surface area (Å²) < 4.78 is 10.7. The largest absolute Gasteiger partial charge is 0.493 e. The van der Waals surface area contributed by atoms with Crippen LogP contribution < -0.4 is 20.1 Å². The Morgan fingerprint density at radius 1 is 1.10 bits per heavy atom. The van der Waals surface area contributed by atoms with Crippen LogP contribution in [-0.2, 0) is 19.3 Å². The van der Waals surface area contributed by atoms with Crippen LogP contribution in [0.1, 0.15) is 35.7 Å². The molecule has 0 unspecified atom stereocenters. The molecule has 6 nitrogen and oxygen atoms in total. The van der Waals surface area contributed by atoms with Crippen molar-refractivity contribution in [3.8, 4) is 11.5 Å². The van der Waals surface area contributed by atoms with Gasteiger partial charge in [-0.25, -0.2) is 4.98 Å². The van der Waals surface area contributed by atoms with E-state index in [1.54, 1.807) is 25.6 Å². The van der Waals surface area contributed by atoms with Gasteiger partial charge in [-0.3, -0.25) is 4.99 Å². The number of benzene rings is 1. The smallest absolute Gasteiger partial charge is 0.191 e. The van der Waals surface area contributed by atoms with E-state index in [-0.39, 0.29) is 24.0 Å². The lowest BCUT2D eigenvalue weighted by atomic mass is 10.1. The molecule has 0 spiro atoms. The lowest BCUT2D eigenvalue weighted by molar-refractivity contribution is 0.354. The number of aryl methyl sites for hydroxylation is 2. The van der Waals surface area contributed by atoms with Crippen molar-refractivity contribution < 1.29 is 9.47 Å². The summed E-state index contributed by atoms with van der Waals surface area (Å²) >= 11 is 1.79. The number of aliphatic imine (C=N–C) groups is 1. The first-order valence-electron chi connectivity index (χ1n) is 9.86. The minimum atomic E-state index is 0. The van der Waals surface area contributed by atoms with E-state index >= 15 is 0 Å². The van der Waals surface area contributed by atoms with Gasteiger partial charge in [0.05, 0.1) is 19.2 Å². The van der Waals surface area contributed by atoms with Crippen molar-refractivity contribution in [1.29, 1.82) is 0 Å². The third-order valence-electron chi connectivity index (χ3n) is 4.27. The molecule has 2 rings (SSSR count). The van der Waals surface area contributed by atoms with Crippen molar-refractivity contribution in [2.24, 2.45) is 4.99 Å². The van der Waals surface area contributed by atoms with Gasteiger partial charge < -0.3 is 20.1 Å². The van der Waals surface area contributed by atoms with Crippen LogP contribution in [-0.4, -0.2) is 44.8 Å². The van der Waals surface area contributed by atoms with E-state index in [0.29, 0.717) is 0 Å². The Morgan fingerprint density at radius 2 is 1.90 bits per heavy atom. The molecular weight excluding hydrogens is 499 g/mol. The van der Waals surface area contributed by atoms with Crippen LogP contribution in [0.3, 0.4) is 0 Å². The molecule has 0 aliphatic heterocycles. The Bertz CT molecular complexity index is 752. The van der Waals surface area contributed by atoms with Crippen LogP contribution in [0.25, 0.3) is 0 Å². The van der Waals surface area contributed by atoms with Gasteiger partial charge in [-0.15, -0.1) is 35.3 Å². The fourth-order valence-corrected chi connectivity index (χ4v) is 3.63. The maximum absolute atomic E-state index is 5.37. The van der Waals surface area contributed by atoms with Crippen molar-refractivity contribution >= 4 is 41.3 Å². The first-order valence-corrected chi connectivity index (χ1v) is 10.7. The molecule has 0 fully saturated rings. The number of methoxy groups -OCH3 is 2. The van der Waals surface area contributed by atoms with E-state index in [4.69, 9.17) is 9.47 Å². The summed E-state index contributed by atoms with van der Waals surface area (Å²) in [6.45, 7) is 6.68. The van der Waals surface area contributed by atoms with Gasteiger partial charge in [-0.2, -0.15) is 0 Å². The lowest BCUT2D eigenvalue weighted by Gasteiger charge is -2.11. The fraction of sp³-hybridized carbons (Fsp3) is 0.524. The van der Waals surface area contributed by atoms with Gasteiger partial charge in [-0.05, 0) is 43.9 Å². The second-order valence-electron chi connectivity index (χ2n) is 6.30. The molecule has 1 aromatic carbocycles. The summed E-state index contributed by atoms with van der Waals surface area (Å²) in [6, 6.07) is 6.06. The average Bonchev–Trinajstić information content (AvgIpc) is 3.19. The van der Waals surface area contributed by atoms with E-state index in [1.165, 1.54) is 15.4 Å². The van der Waals surface area contributed by atoms with Gasteiger partial charge >= 0.3 is 0 Å². The molecule has 162 valence electrons. The third kappa shape index (κ3) is 8.77. The van der Waals surface area contributed by atoms with Gasteiger partial charge in [0.25, 0.3) is 0 Å².